The van der Waals surface area contributed by atoms with Crippen LogP contribution in [0.4, 0.5) is 13.2 Å². The summed E-state index contributed by atoms with van der Waals surface area (Å²) in [6, 6.07) is 0. The van der Waals surface area contributed by atoms with Gasteiger partial charge in [-0.2, -0.15) is 0 Å². The summed E-state index contributed by atoms with van der Waals surface area (Å²) in [6.45, 7) is 0. The molecule has 0 aliphatic carbocycles. The summed E-state index contributed by atoms with van der Waals surface area (Å²) in [4.78, 5) is 0. The van der Waals surface area contributed by atoms with E-state index in [1.54, 1.807) is 0 Å². The Morgan fingerprint density at radius 2 is 1.70 bits per heavy atom. The van der Waals surface area contributed by atoms with Crippen LogP contribution < -0.4 is 0 Å². The molecule has 0 amide bonds. The fourth-order valence-corrected chi connectivity index (χ4v) is 0.521. The molecular weight excluding hydrogens is 216 g/mol. The second-order valence-corrected chi connectivity index (χ2v) is 4.76. The van der Waals surface area contributed by atoms with E-state index in [1.807, 2.05) is 0 Å². The highest BCUT2D eigenvalue weighted by Gasteiger charge is 2.50. The first-order valence-corrected chi connectivity index (χ1v) is 4.48. The highest BCUT2D eigenvalue weighted by Crippen LogP contribution is 2.34. The Kier molecular flexibility index (Phi) is 2.84. The lowest BCUT2D eigenvalue weighted by Crippen LogP contribution is -2.31. The Balaban J connectivity index is 4.76. The van der Waals surface area contributed by atoms with Gasteiger partial charge in [-0.3, -0.25) is 0 Å². The van der Waals surface area contributed by atoms with Gasteiger partial charge in [-0.1, -0.05) is 11.6 Å². The number of rotatable bonds is 2. The molecule has 62 valence electrons. The van der Waals surface area contributed by atoms with E-state index in [0.717, 1.165) is 0 Å². The van der Waals surface area contributed by atoms with Crippen molar-refractivity contribution in [1.29, 1.82) is 0 Å². The zero-order chi connectivity index (χ0) is 8.58. The molecule has 0 saturated carbocycles. The molecule has 0 aromatic heterocycles. The number of halogens is 5. The monoisotopic (exact) mass is 216 g/mol. The maximum absolute atomic E-state index is 12.0. The molecule has 0 aliphatic heterocycles. The minimum atomic E-state index is -5.08. The molecule has 0 aromatic carbocycles. The van der Waals surface area contributed by atoms with E-state index < -0.39 is 19.9 Å². The second-order valence-electron chi connectivity index (χ2n) is 1.30. The van der Waals surface area contributed by atoms with Gasteiger partial charge >= 0.3 is 10.9 Å². The van der Waals surface area contributed by atoms with Gasteiger partial charge in [0.05, 0.1) is 0 Å². The van der Waals surface area contributed by atoms with Gasteiger partial charge in [-0.15, -0.1) is 0 Å². The van der Waals surface area contributed by atoms with Gasteiger partial charge in [0.15, 0.2) is 0 Å². The van der Waals surface area contributed by atoms with Crippen LogP contribution in [-0.4, -0.2) is 19.3 Å². The molecule has 0 N–H and O–H groups in total. The summed E-state index contributed by atoms with van der Waals surface area (Å²) in [5.74, 6) is 0. The predicted octanol–water partition coefficient (Wildman–Crippen LogP) is 1.68. The highest BCUT2D eigenvalue weighted by atomic mass is 35.7. The SMILES string of the molecule is O=S(=O)(Cl)C(F)(Cl)C(F)F. The molecule has 0 heterocycles. The Morgan fingerprint density at radius 1 is 1.40 bits per heavy atom. The Bertz CT molecular complexity index is 211. The molecule has 0 rings (SSSR count). The summed E-state index contributed by atoms with van der Waals surface area (Å²) in [5, 5.41) is 0. The van der Waals surface area contributed by atoms with Crippen molar-refractivity contribution >= 4 is 31.3 Å². The largest absolute Gasteiger partial charge is 0.357 e. The summed E-state index contributed by atoms with van der Waals surface area (Å²) in [6.07, 6.45) is -3.86. The maximum Gasteiger partial charge on any atom is 0.357 e. The molecule has 1 atom stereocenters. The van der Waals surface area contributed by atoms with Crippen LogP contribution in [0.3, 0.4) is 0 Å². The lowest BCUT2D eigenvalue weighted by Gasteiger charge is -2.11. The first-order valence-electron chi connectivity index (χ1n) is 1.79. The van der Waals surface area contributed by atoms with E-state index in [4.69, 9.17) is 0 Å². The third-order valence-electron chi connectivity index (χ3n) is 0.579. The third kappa shape index (κ3) is 1.90. The third-order valence-corrected chi connectivity index (χ3v) is 3.09. The van der Waals surface area contributed by atoms with Crippen LogP contribution in [0.5, 0.6) is 0 Å². The standard InChI is InChI=1S/C2HCl2F3O2S/c3-2(7,1(5)6)10(4,8)9/h1H. The fraction of sp³-hybridized carbons (Fsp3) is 1.00. The van der Waals surface area contributed by atoms with Crippen LogP contribution >= 0.6 is 22.3 Å². The molecular formula is C2HCl2F3O2S. The smallest absolute Gasteiger partial charge is 0.207 e. The minimum absolute atomic E-state index is 3.86. The molecule has 8 heteroatoms. The Labute approximate surface area is 64.3 Å². The van der Waals surface area contributed by atoms with Crippen molar-refractivity contribution < 1.29 is 21.6 Å². The predicted molar refractivity (Wildman–Crippen MR) is 30.5 cm³/mol. The average Bonchev–Trinajstić information content (AvgIpc) is 1.62. The summed E-state index contributed by atoms with van der Waals surface area (Å²) < 4.78 is 50.3. The van der Waals surface area contributed by atoms with Crippen molar-refractivity contribution in [2.75, 3.05) is 0 Å². The zero-order valence-electron chi connectivity index (χ0n) is 4.19. The van der Waals surface area contributed by atoms with Gasteiger partial charge in [-0.05, 0) is 0 Å². The molecule has 0 saturated heterocycles. The van der Waals surface area contributed by atoms with E-state index in [1.165, 1.54) is 0 Å². The van der Waals surface area contributed by atoms with Crippen molar-refractivity contribution in [2.24, 2.45) is 0 Å². The van der Waals surface area contributed by atoms with Crippen molar-refractivity contribution in [3.8, 4) is 0 Å². The van der Waals surface area contributed by atoms with E-state index >= 15 is 0 Å². The van der Waals surface area contributed by atoms with E-state index in [-0.39, 0.29) is 0 Å². The summed E-state index contributed by atoms with van der Waals surface area (Å²) >= 11 is 4.21. The van der Waals surface area contributed by atoms with Gasteiger partial charge in [0.25, 0.3) is 9.05 Å². The molecule has 0 bridgehead atoms. The first kappa shape index (κ1) is 10.3. The molecule has 0 aliphatic rings. The number of alkyl halides is 4. The van der Waals surface area contributed by atoms with Crippen molar-refractivity contribution in [1.82, 2.24) is 0 Å². The van der Waals surface area contributed by atoms with Crippen LogP contribution in [-0.2, 0) is 9.05 Å². The highest BCUT2D eigenvalue weighted by molar-refractivity contribution is 8.15. The van der Waals surface area contributed by atoms with Gasteiger partial charge in [0.2, 0.25) is 0 Å². The minimum Gasteiger partial charge on any atom is -0.207 e. The van der Waals surface area contributed by atoms with E-state index in [9.17, 15) is 21.6 Å². The number of hydrogen-bond acceptors (Lipinski definition) is 2. The number of hydrogen-bond donors (Lipinski definition) is 0. The van der Waals surface area contributed by atoms with Crippen LogP contribution in [0.15, 0.2) is 0 Å². The molecule has 10 heavy (non-hydrogen) atoms. The van der Waals surface area contributed by atoms with Crippen LogP contribution in [0, 0.1) is 0 Å². The zero-order valence-corrected chi connectivity index (χ0v) is 6.52. The van der Waals surface area contributed by atoms with Crippen LogP contribution in [0.1, 0.15) is 0 Å². The molecule has 2 nitrogen and oxygen atoms in total. The molecule has 1 unspecified atom stereocenters. The lowest BCUT2D eigenvalue weighted by molar-refractivity contribution is 0.0693. The van der Waals surface area contributed by atoms with E-state index in [0.29, 0.717) is 0 Å². The molecule has 0 radical (unpaired) electrons. The van der Waals surface area contributed by atoms with Gasteiger partial charge in [0, 0.05) is 10.7 Å². The normalized spacial score (nSPS) is 19.0. The average molecular weight is 217 g/mol. The van der Waals surface area contributed by atoms with Gasteiger partial charge in [0.1, 0.15) is 0 Å². The van der Waals surface area contributed by atoms with E-state index in [2.05, 4.69) is 22.3 Å². The van der Waals surface area contributed by atoms with Gasteiger partial charge in [-0.25, -0.2) is 21.6 Å². The molecule has 0 fully saturated rings. The topological polar surface area (TPSA) is 34.1 Å². The van der Waals surface area contributed by atoms with Crippen molar-refractivity contribution in [3.63, 3.8) is 0 Å². The second kappa shape index (κ2) is 2.75. The van der Waals surface area contributed by atoms with Gasteiger partial charge < -0.3 is 0 Å². The Morgan fingerprint density at radius 3 is 1.70 bits per heavy atom. The molecule has 0 spiro atoms. The Hall–Kier alpha value is 0.320. The van der Waals surface area contributed by atoms with Crippen LogP contribution in [0.2, 0.25) is 0 Å². The maximum atomic E-state index is 12.0. The first-order chi connectivity index (χ1) is 4.19. The van der Waals surface area contributed by atoms with Crippen molar-refractivity contribution in [3.05, 3.63) is 0 Å². The fourth-order valence-electron chi connectivity index (χ4n) is 0.106. The quantitative estimate of drug-likeness (QED) is 0.520. The van der Waals surface area contributed by atoms with Crippen LogP contribution in [0.25, 0.3) is 0 Å². The summed E-state index contributed by atoms with van der Waals surface area (Å²) in [5.41, 5.74) is 0. The summed E-state index contributed by atoms with van der Waals surface area (Å²) in [7, 11) is -0.876. The molecule has 0 aromatic rings. The van der Waals surface area contributed by atoms with Crippen molar-refractivity contribution in [2.45, 2.75) is 10.9 Å². The lowest BCUT2D eigenvalue weighted by atomic mass is 10.8.